The number of hydrogen-bond acceptors (Lipinski definition) is 0. The second-order valence-corrected chi connectivity index (χ2v) is 5.20. The first kappa shape index (κ1) is 13.0. The first-order valence-electron chi connectivity index (χ1n) is 3.83. The molecule has 0 fully saturated rings. The molecule has 0 rings (SSSR count). The van der Waals surface area contributed by atoms with Gasteiger partial charge >= 0.3 is 12.1 Å². The lowest BCUT2D eigenvalue weighted by atomic mass is 10.4. The highest BCUT2D eigenvalue weighted by Crippen LogP contribution is 2.36. The SMILES string of the molecule is CC[S+](CC)CC(F)(F)C(F)(F)F. The molecule has 80 valence electrons. The van der Waals surface area contributed by atoms with Gasteiger partial charge in [-0.1, -0.05) is 0 Å². The molecule has 0 nitrogen and oxygen atoms in total. The predicted molar refractivity (Wildman–Crippen MR) is 44.3 cm³/mol. The third-order valence-electron chi connectivity index (χ3n) is 1.62. The molecule has 0 aliphatic heterocycles. The molecule has 0 bridgehead atoms. The maximum absolute atomic E-state index is 12.4. The van der Waals surface area contributed by atoms with Crippen molar-refractivity contribution in [2.24, 2.45) is 0 Å². The van der Waals surface area contributed by atoms with Crippen molar-refractivity contribution >= 4 is 10.9 Å². The van der Waals surface area contributed by atoms with Crippen LogP contribution in [0.5, 0.6) is 0 Å². The van der Waals surface area contributed by atoms with Gasteiger partial charge in [-0.15, -0.1) is 0 Å². The van der Waals surface area contributed by atoms with E-state index in [2.05, 4.69) is 0 Å². The Bertz CT molecular complexity index is 149. The molecular formula is C7H12F5S+. The normalized spacial score (nSPS) is 13.8. The van der Waals surface area contributed by atoms with Crippen molar-refractivity contribution in [1.82, 2.24) is 0 Å². The van der Waals surface area contributed by atoms with Crippen LogP contribution in [-0.4, -0.2) is 29.4 Å². The first-order chi connectivity index (χ1) is 5.74. The van der Waals surface area contributed by atoms with Crippen molar-refractivity contribution in [3.63, 3.8) is 0 Å². The van der Waals surface area contributed by atoms with Crippen LogP contribution in [0.15, 0.2) is 0 Å². The molecule has 13 heavy (non-hydrogen) atoms. The quantitative estimate of drug-likeness (QED) is 0.508. The van der Waals surface area contributed by atoms with E-state index in [1.54, 1.807) is 13.8 Å². The van der Waals surface area contributed by atoms with Crippen LogP contribution < -0.4 is 0 Å². The fourth-order valence-electron chi connectivity index (χ4n) is 0.746. The molecule has 0 saturated heterocycles. The minimum atomic E-state index is -5.40. The van der Waals surface area contributed by atoms with Gasteiger partial charge in [-0.25, -0.2) is 0 Å². The van der Waals surface area contributed by atoms with E-state index >= 15 is 0 Å². The lowest BCUT2D eigenvalue weighted by Crippen LogP contribution is -2.43. The molecule has 0 heterocycles. The van der Waals surface area contributed by atoms with Crippen LogP contribution in [0.3, 0.4) is 0 Å². The molecule has 0 aromatic heterocycles. The van der Waals surface area contributed by atoms with Crippen LogP contribution in [0, 0.1) is 0 Å². The molecule has 0 spiro atoms. The summed E-state index contributed by atoms with van der Waals surface area (Å²) in [7, 11) is -0.824. The van der Waals surface area contributed by atoms with Gasteiger partial charge in [-0.05, 0) is 24.7 Å². The Morgan fingerprint density at radius 3 is 1.54 bits per heavy atom. The maximum atomic E-state index is 12.4. The van der Waals surface area contributed by atoms with Crippen LogP contribution >= 0.6 is 0 Å². The van der Waals surface area contributed by atoms with Crippen LogP contribution in [-0.2, 0) is 10.9 Å². The summed E-state index contributed by atoms with van der Waals surface area (Å²) in [4.78, 5) is 0. The highest BCUT2D eigenvalue weighted by molar-refractivity contribution is 7.96. The summed E-state index contributed by atoms with van der Waals surface area (Å²) < 4.78 is 60.0. The average Bonchev–Trinajstić information content (AvgIpc) is 1.98. The van der Waals surface area contributed by atoms with Crippen LogP contribution in [0.25, 0.3) is 0 Å². The minimum absolute atomic E-state index is 0.377. The van der Waals surface area contributed by atoms with Gasteiger partial charge in [0.1, 0.15) is 11.5 Å². The van der Waals surface area contributed by atoms with Gasteiger partial charge in [-0.2, -0.15) is 22.0 Å². The molecule has 0 aliphatic rings. The van der Waals surface area contributed by atoms with Gasteiger partial charge in [0.15, 0.2) is 5.75 Å². The third-order valence-corrected chi connectivity index (χ3v) is 4.02. The highest BCUT2D eigenvalue weighted by atomic mass is 32.2. The summed E-state index contributed by atoms with van der Waals surface area (Å²) in [5.41, 5.74) is 0. The van der Waals surface area contributed by atoms with Crippen molar-refractivity contribution < 1.29 is 22.0 Å². The largest absolute Gasteiger partial charge is 0.458 e. The smallest absolute Gasteiger partial charge is 0.191 e. The van der Waals surface area contributed by atoms with Crippen molar-refractivity contribution in [2.45, 2.75) is 25.9 Å². The van der Waals surface area contributed by atoms with Gasteiger partial charge in [0.05, 0.1) is 0 Å². The highest BCUT2D eigenvalue weighted by Gasteiger charge is 2.60. The van der Waals surface area contributed by atoms with E-state index in [1.807, 2.05) is 0 Å². The summed E-state index contributed by atoms with van der Waals surface area (Å²) in [5, 5.41) is 0. The molecule has 0 amide bonds. The topological polar surface area (TPSA) is 0 Å². The second-order valence-electron chi connectivity index (χ2n) is 2.54. The maximum Gasteiger partial charge on any atom is 0.458 e. The van der Waals surface area contributed by atoms with Crippen molar-refractivity contribution in [3.05, 3.63) is 0 Å². The minimum Gasteiger partial charge on any atom is -0.191 e. The Morgan fingerprint density at radius 2 is 1.31 bits per heavy atom. The summed E-state index contributed by atoms with van der Waals surface area (Å²) >= 11 is 0. The standard InChI is InChI=1S/C7H12F5S/c1-3-13(4-2)5-6(8,9)7(10,11)12/h3-5H2,1-2H3/q+1. The molecular weight excluding hydrogens is 211 g/mol. The van der Waals surface area contributed by atoms with Gasteiger partial charge in [0.2, 0.25) is 0 Å². The van der Waals surface area contributed by atoms with Crippen LogP contribution in [0.1, 0.15) is 13.8 Å². The molecule has 0 saturated carbocycles. The first-order valence-corrected chi connectivity index (χ1v) is 5.56. The Kier molecular flexibility index (Phi) is 4.48. The third kappa shape index (κ3) is 3.70. The van der Waals surface area contributed by atoms with Gasteiger partial charge in [0, 0.05) is 0 Å². The number of halogens is 5. The zero-order valence-corrected chi connectivity index (χ0v) is 8.24. The van der Waals surface area contributed by atoms with Gasteiger partial charge in [0.25, 0.3) is 0 Å². The van der Waals surface area contributed by atoms with Crippen LogP contribution in [0.4, 0.5) is 22.0 Å². The Hall–Kier alpha value is -0.0000000000000000555. The van der Waals surface area contributed by atoms with Gasteiger partial charge < -0.3 is 0 Å². The monoisotopic (exact) mass is 223 g/mol. The van der Waals surface area contributed by atoms with Crippen molar-refractivity contribution in [3.8, 4) is 0 Å². The Balaban J connectivity index is 4.31. The fourth-order valence-corrected chi connectivity index (χ4v) is 2.24. The van der Waals surface area contributed by atoms with Gasteiger partial charge in [-0.3, -0.25) is 0 Å². The lowest BCUT2D eigenvalue weighted by Gasteiger charge is -2.18. The molecule has 0 N–H and O–H groups in total. The summed E-state index contributed by atoms with van der Waals surface area (Å²) in [6.45, 7) is 3.25. The van der Waals surface area contributed by atoms with Crippen LogP contribution in [0.2, 0.25) is 0 Å². The zero-order chi connectivity index (χ0) is 10.7. The number of rotatable bonds is 4. The molecule has 0 aromatic carbocycles. The van der Waals surface area contributed by atoms with E-state index in [-0.39, 0.29) is 0 Å². The molecule has 0 unspecified atom stereocenters. The molecule has 0 radical (unpaired) electrons. The molecule has 0 aliphatic carbocycles. The van der Waals surface area contributed by atoms with Crippen molar-refractivity contribution in [1.29, 1.82) is 0 Å². The summed E-state index contributed by atoms with van der Waals surface area (Å²) in [5.74, 6) is -4.84. The van der Waals surface area contributed by atoms with E-state index in [4.69, 9.17) is 0 Å². The average molecular weight is 223 g/mol. The molecule has 0 aromatic rings. The Morgan fingerprint density at radius 1 is 0.923 bits per heavy atom. The fraction of sp³-hybridized carbons (Fsp3) is 1.00. The van der Waals surface area contributed by atoms with E-state index < -0.39 is 28.7 Å². The summed E-state index contributed by atoms with van der Waals surface area (Å²) in [6.07, 6.45) is -5.40. The number of alkyl halides is 5. The Labute approximate surface area is 76.8 Å². The zero-order valence-electron chi connectivity index (χ0n) is 7.42. The van der Waals surface area contributed by atoms with E-state index in [1.165, 1.54) is 0 Å². The molecule has 0 atom stereocenters. The van der Waals surface area contributed by atoms with E-state index in [0.717, 1.165) is 0 Å². The summed E-state index contributed by atoms with van der Waals surface area (Å²) in [6, 6.07) is 0. The van der Waals surface area contributed by atoms with Crippen molar-refractivity contribution in [2.75, 3.05) is 17.3 Å². The predicted octanol–water partition coefficient (Wildman–Crippen LogP) is 2.84. The lowest BCUT2D eigenvalue weighted by molar-refractivity contribution is -0.271. The van der Waals surface area contributed by atoms with E-state index in [0.29, 0.717) is 11.5 Å². The molecule has 6 heteroatoms. The number of hydrogen-bond donors (Lipinski definition) is 0. The van der Waals surface area contributed by atoms with E-state index in [9.17, 15) is 22.0 Å². The second kappa shape index (κ2) is 4.48.